The summed E-state index contributed by atoms with van der Waals surface area (Å²) in [5.41, 5.74) is 6.08. The quantitative estimate of drug-likeness (QED) is 0.549. The van der Waals surface area contributed by atoms with Crippen molar-refractivity contribution in [2.24, 2.45) is 10.7 Å². The molecule has 27 heavy (non-hydrogen) atoms. The molecule has 1 aliphatic heterocycles. The maximum atomic E-state index is 11.8. The monoisotopic (exact) mass is 377 g/mol. The molecule has 1 aromatic carbocycles. The molecule has 9 nitrogen and oxygen atoms in total. The average Bonchev–Trinajstić information content (AvgIpc) is 2.68. The summed E-state index contributed by atoms with van der Waals surface area (Å²) in [7, 11) is 1.73. The first-order chi connectivity index (χ1) is 13.0. The van der Waals surface area contributed by atoms with E-state index in [0.717, 1.165) is 11.5 Å². The van der Waals surface area contributed by atoms with E-state index in [0.29, 0.717) is 45.1 Å². The van der Waals surface area contributed by atoms with Crippen molar-refractivity contribution in [2.45, 2.75) is 13.5 Å². The molecule has 0 aromatic heterocycles. The molecule has 0 radical (unpaired) electrons. The van der Waals surface area contributed by atoms with Crippen LogP contribution < -0.4 is 15.8 Å². The molecule has 2 amide bonds. The van der Waals surface area contributed by atoms with E-state index in [1.54, 1.807) is 24.9 Å². The third-order valence-corrected chi connectivity index (χ3v) is 4.05. The van der Waals surface area contributed by atoms with E-state index >= 15 is 0 Å². The number of aliphatic imine (C=N–C) groups is 1. The van der Waals surface area contributed by atoms with E-state index in [1.807, 2.05) is 18.2 Å². The highest BCUT2D eigenvalue weighted by Gasteiger charge is 2.23. The normalized spacial score (nSPS) is 14.7. The Morgan fingerprint density at radius 1 is 1.22 bits per heavy atom. The first kappa shape index (κ1) is 20.3. The zero-order valence-electron chi connectivity index (χ0n) is 15.8. The van der Waals surface area contributed by atoms with Gasteiger partial charge in [0.1, 0.15) is 5.75 Å². The molecule has 9 heteroatoms. The summed E-state index contributed by atoms with van der Waals surface area (Å²) in [5, 5.41) is 3.31. The number of nitrogens with zero attached hydrogens (tertiary/aromatic N) is 3. The van der Waals surface area contributed by atoms with E-state index < -0.39 is 5.91 Å². The Morgan fingerprint density at radius 2 is 1.93 bits per heavy atom. The van der Waals surface area contributed by atoms with Crippen molar-refractivity contribution in [1.82, 2.24) is 15.1 Å². The molecule has 0 bridgehead atoms. The fraction of sp³-hybridized carbons (Fsp3) is 0.500. The number of hydrogen-bond acceptors (Lipinski definition) is 5. The topological polar surface area (TPSA) is 109 Å². The van der Waals surface area contributed by atoms with Crippen LogP contribution >= 0.6 is 0 Å². The summed E-state index contributed by atoms with van der Waals surface area (Å²) >= 11 is 0. The number of amides is 2. The summed E-state index contributed by atoms with van der Waals surface area (Å²) < 4.78 is 10.4. The van der Waals surface area contributed by atoms with Gasteiger partial charge < -0.3 is 30.3 Å². The second-order valence-corrected chi connectivity index (χ2v) is 5.98. The van der Waals surface area contributed by atoms with Crippen molar-refractivity contribution < 1.29 is 19.1 Å². The van der Waals surface area contributed by atoms with Gasteiger partial charge in [0.15, 0.2) is 12.6 Å². The van der Waals surface area contributed by atoms with Crippen LogP contribution in [0.2, 0.25) is 0 Å². The van der Waals surface area contributed by atoms with Crippen LogP contribution in [-0.2, 0) is 16.1 Å². The van der Waals surface area contributed by atoms with Crippen molar-refractivity contribution in [2.75, 3.05) is 46.4 Å². The molecule has 0 atom stereocenters. The predicted octanol–water partition coefficient (Wildman–Crippen LogP) is 0.400. The summed E-state index contributed by atoms with van der Waals surface area (Å²) in [6.45, 7) is 5.13. The van der Waals surface area contributed by atoms with Crippen LogP contribution in [0, 0.1) is 0 Å². The van der Waals surface area contributed by atoms with Crippen molar-refractivity contribution >= 4 is 18.0 Å². The van der Waals surface area contributed by atoms with E-state index in [-0.39, 0.29) is 12.7 Å². The molecular formula is C18H27N5O4. The van der Waals surface area contributed by atoms with Gasteiger partial charge >= 0.3 is 6.09 Å². The second kappa shape index (κ2) is 10.2. The van der Waals surface area contributed by atoms with Crippen LogP contribution in [0.4, 0.5) is 4.79 Å². The summed E-state index contributed by atoms with van der Waals surface area (Å²) in [6.07, 6.45) is -0.270. The maximum absolute atomic E-state index is 11.8. The fourth-order valence-electron chi connectivity index (χ4n) is 2.73. The van der Waals surface area contributed by atoms with Crippen LogP contribution in [0.5, 0.6) is 5.75 Å². The smallest absolute Gasteiger partial charge is 0.409 e. The summed E-state index contributed by atoms with van der Waals surface area (Å²) in [6, 6.07) is 7.43. The number of carbonyl (C=O) groups excluding carboxylic acids is 2. The van der Waals surface area contributed by atoms with E-state index in [4.69, 9.17) is 15.2 Å². The Hall–Kier alpha value is -2.97. The number of piperazine rings is 1. The van der Waals surface area contributed by atoms with E-state index in [2.05, 4.69) is 15.2 Å². The molecule has 0 unspecified atom stereocenters. The van der Waals surface area contributed by atoms with Crippen LogP contribution in [0.1, 0.15) is 12.5 Å². The Bertz CT molecular complexity index is 671. The van der Waals surface area contributed by atoms with Gasteiger partial charge in [-0.1, -0.05) is 12.1 Å². The number of ether oxygens (including phenoxy) is 2. The van der Waals surface area contributed by atoms with Crippen molar-refractivity contribution in [1.29, 1.82) is 0 Å². The molecule has 2 rings (SSSR count). The number of benzene rings is 1. The van der Waals surface area contributed by atoms with Gasteiger partial charge in [-0.05, 0) is 24.6 Å². The van der Waals surface area contributed by atoms with Crippen molar-refractivity contribution in [3.05, 3.63) is 29.8 Å². The number of nitrogens with two attached hydrogens (primary N) is 1. The minimum atomic E-state index is -0.513. The van der Waals surface area contributed by atoms with Crippen LogP contribution in [0.15, 0.2) is 29.3 Å². The fourth-order valence-corrected chi connectivity index (χ4v) is 2.73. The molecule has 0 aliphatic carbocycles. The standard InChI is InChI=1S/C18H27N5O4/c1-3-26-18(25)23-9-7-22(8-10-23)17(20-2)21-12-14-5-4-6-15(11-14)27-13-16(19)24/h4-6,11H,3,7-10,12-13H2,1-2H3,(H2,19,24)(H,20,21). The molecule has 1 fully saturated rings. The first-order valence-corrected chi connectivity index (χ1v) is 8.90. The molecule has 1 aliphatic rings. The summed E-state index contributed by atoms with van der Waals surface area (Å²) in [5.74, 6) is 0.842. The number of primary amides is 1. The number of carbonyl (C=O) groups is 2. The Kier molecular flexibility index (Phi) is 7.72. The molecule has 1 saturated heterocycles. The van der Waals surface area contributed by atoms with Gasteiger partial charge in [0.2, 0.25) is 0 Å². The minimum Gasteiger partial charge on any atom is -0.484 e. The zero-order valence-corrected chi connectivity index (χ0v) is 15.8. The second-order valence-electron chi connectivity index (χ2n) is 5.98. The average molecular weight is 377 g/mol. The van der Waals surface area contributed by atoms with Crippen molar-refractivity contribution in [3.8, 4) is 5.75 Å². The van der Waals surface area contributed by atoms with Gasteiger partial charge in [0.05, 0.1) is 6.61 Å². The predicted molar refractivity (Wildman–Crippen MR) is 101 cm³/mol. The maximum Gasteiger partial charge on any atom is 0.409 e. The lowest BCUT2D eigenvalue weighted by Gasteiger charge is -2.35. The molecule has 0 saturated carbocycles. The Balaban J connectivity index is 1.85. The summed E-state index contributed by atoms with van der Waals surface area (Å²) in [4.78, 5) is 30.7. The SMILES string of the molecule is CCOC(=O)N1CCN(C(=NC)NCc2cccc(OCC(N)=O)c2)CC1. The molecule has 0 spiro atoms. The molecular weight excluding hydrogens is 350 g/mol. The van der Waals surface area contributed by atoms with Gasteiger partial charge in [-0.2, -0.15) is 0 Å². The molecule has 148 valence electrons. The van der Waals surface area contributed by atoms with E-state index in [1.165, 1.54) is 0 Å². The first-order valence-electron chi connectivity index (χ1n) is 8.90. The third kappa shape index (κ3) is 6.36. The van der Waals surface area contributed by atoms with Gasteiger partial charge in [0, 0.05) is 39.8 Å². The largest absolute Gasteiger partial charge is 0.484 e. The van der Waals surface area contributed by atoms with Crippen LogP contribution in [-0.4, -0.2) is 74.2 Å². The molecule has 1 aromatic rings. The van der Waals surface area contributed by atoms with Crippen LogP contribution in [0.3, 0.4) is 0 Å². The highest BCUT2D eigenvalue weighted by atomic mass is 16.6. The highest BCUT2D eigenvalue weighted by molar-refractivity contribution is 5.80. The lowest BCUT2D eigenvalue weighted by molar-refractivity contribution is -0.119. The van der Waals surface area contributed by atoms with Gasteiger partial charge in [-0.3, -0.25) is 9.79 Å². The minimum absolute atomic E-state index is 0.150. The van der Waals surface area contributed by atoms with E-state index in [9.17, 15) is 9.59 Å². The molecule has 3 N–H and O–H groups in total. The number of hydrogen-bond donors (Lipinski definition) is 2. The number of nitrogens with one attached hydrogen (secondary N) is 1. The number of guanidine groups is 1. The van der Waals surface area contributed by atoms with Gasteiger partial charge in [-0.15, -0.1) is 0 Å². The molecule has 1 heterocycles. The van der Waals surface area contributed by atoms with Crippen LogP contribution in [0.25, 0.3) is 0 Å². The lowest BCUT2D eigenvalue weighted by Crippen LogP contribution is -2.53. The van der Waals surface area contributed by atoms with Crippen molar-refractivity contribution in [3.63, 3.8) is 0 Å². The lowest BCUT2D eigenvalue weighted by atomic mass is 10.2. The van der Waals surface area contributed by atoms with Gasteiger partial charge in [-0.25, -0.2) is 4.79 Å². The number of rotatable bonds is 6. The zero-order chi connectivity index (χ0) is 19.6. The van der Waals surface area contributed by atoms with Gasteiger partial charge in [0.25, 0.3) is 5.91 Å². The highest BCUT2D eigenvalue weighted by Crippen LogP contribution is 2.13. The third-order valence-electron chi connectivity index (χ3n) is 4.05. The Labute approximate surface area is 159 Å². The Morgan fingerprint density at radius 3 is 2.56 bits per heavy atom.